The molecule has 0 spiro atoms. The third-order valence-electron chi connectivity index (χ3n) is 3.74. The van der Waals surface area contributed by atoms with E-state index in [1.54, 1.807) is 0 Å². The summed E-state index contributed by atoms with van der Waals surface area (Å²) in [6.45, 7) is 6.07. The van der Waals surface area contributed by atoms with Crippen LogP contribution in [-0.2, 0) is 0 Å². The lowest BCUT2D eigenvalue weighted by molar-refractivity contribution is 0.0144. The van der Waals surface area contributed by atoms with Gasteiger partial charge in [0.05, 0.1) is 12.2 Å². The van der Waals surface area contributed by atoms with Crippen molar-refractivity contribution in [2.24, 2.45) is 5.92 Å². The molecule has 0 aromatic carbocycles. The maximum absolute atomic E-state index is 10.2. The van der Waals surface area contributed by atoms with Crippen LogP contribution in [0, 0.1) is 5.92 Å². The van der Waals surface area contributed by atoms with Gasteiger partial charge in [-0.05, 0) is 64.4 Å². The summed E-state index contributed by atoms with van der Waals surface area (Å²) >= 11 is 0. The zero-order valence-electron chi connectivity index (χ0n) is 11.4. The minimum absolute atomic E-state index is 0.144. The molecule has 1 aliphatic carbocycles. The highest BCUT2D eigenvalue weighted by Gasteiger charge is 2.25. The summed E-state index contributed by atoms with van der Waals surface area (Å²) in [4.78, 5) is 0. The third kappa shape index (κ3) is 5.05. The van der Waals surface area contributed by atoms with Crippen molar-refractivity contribution in [3.05, 3.63) is 23.3 Å². The monoisotopic (exact) mass is 238 g/mol. The number of allylic oxidation sites excluding steroid dienone is 3. The van der Waals surface area contributed by atoms with Crippen molar-refractivity contribution < 1.29 is 10.2 Å². The average molecular weight is 238 g/mol. The Hall–Kier alpha value is -0.600. The molecule has 2 nitrogen and oxygen atoms in total. The maximum Gasteiger partial charge on any atom is 0.0641 e. The highest BCUT2D eigenvalue weighted by molar-refractivity contribution is 5.09. The Kier molecular flexibility index (Phi) is 5.41. The lowest BCUT2D eigenvalue weighted by atomic mass is 9.82. The first kappa shape index (κ1) is 14.5. The fourth-order valence-electron chi connectivity index (χ4n) is 2.32. The van der Waals surface area contributed by atoms with Gasteiger partial charge in [-0.25, -0.2) is 0 Å². The Morgan fingerprint density at radius 1 is 1.29 bits per heavy atom. The second kappa shape index (κ2) is 6.36. The summed E-state index contributed by atoms with van der Waals surface area (Å²) in [7, 11) is 0. The van der Waals surface area contributed by atoms with E-state index in [4.69, 9.17) is 0 Å². The van der Waals surface area contributed by atoms with Crippen molar-refractivity contribution in [1.29, 1.82) is 0 Å². The van der Waals surface area contributed by atoms with Gasteiger partial charge in [-0.2, -0.15) is 0 Å². The van der Waals surface area contributed by atoms with Gasteiger partial charge in [0.15, 0.2) is 0 Å². The highest BCUT2D eigenvalue weighted by Crippen LogP contribution is 2.29. The number of hydrogen-bond donors (Lipinski definition) is 2. The van der Waals surface area contributed by atoms with Gasteiger partial charge >= 0.3 is 0 Å². The fourth-order valence-corrected chi connectivity index (χ4v) is 2.32. The molecule has 1 atom stereocenters. The van der Waals surface area contributed by atoms with Crippen molar-refractivity contribution in [2.45, 2.75) is 58.5 Å². The molecule has 0 unspecified atom stereocenters. The van der Waals surface area contributed by atoms with Gasteiger partial charge in [-0.15, -0.1) is 0 Å². The zero-order chi connectivity index (χ0) is 12.9. The first-order chi connectivity index (χ1) is 7.93. The molecule has 1 rings (SSSR count). The fraction of sp³-hybridized carbons (Fsp3) is 0.733. The molecule has 0 radical (unpaired) electrons. The molecule has 0 fully saturated rings. The third-order valence-corrected chi connectivity index (χ3v) is 3.74. The Morgan fingerprint density at radius 3 is 2.59 bits per heavy atom. The van der Waals surface area contributed by atoms with Gasteiger partial charge in [0.25, 0.3) is 0 Å². The molecule has 0 bridgehead atoms. The Morgan fingerprint density at radius 2 is 2.00 bits per heavy atom. The van der Waals surface area contributed by atoms with E-state index in [9.17, 15) is 10.2 Å². The van der Waals surface area contributed by atoms with Gasteiger partial charge in [0, 0.05) is 0 Å². The van der Waals surface area contributed by atoms with E-state index >= 15 is 0 Å². The molecular weight excluding hydrogens is 212 g/mol. The molecule has 1 aliphatic rings. The summed E-state index contributed by atoms with van der Waals surface area (Å²) in [5, 5.41) is 19.4. The van der Waals surface area contributed by atoms with Crippen molar-refractivity contribution in [2.75, 3.05) is 6.61 Å². The van der Waals surface area contributed by atoms with Crippen LogP contribution in [0.5, 0.6) is 0 Å². The van der Waals surface area contributed by atoms with Crippen LogP contribution in [0.25, 0.3) is 0 Å². The molecule has 2 heteroatoms. The second-order valence-corrected chi connectivity index (χ2v) is 5.73. The molecule has 0 amide bonds. The molecule has 98 valence electrons. The lowest BCUT2D eigenvalue weighted by Gasteiger charge is -2.29. The van der Waals surface area contributed by atoms with Gasteiger partial charge in [-0.1, -0.05) is 17.7 Å². The van der Waals surface area contributed by atoms with E-state index < -0.39 is 5.60 Å². The minimum Gasteiger partial charge on any atom is -0.392 e. The van der Waals surface area contributed by atoms with Gasteiger partial charge in [0.2, 0.25) is 0 Å². The van der Waals surface area contributed by atoms with Crippen LogP contribution < -0.4 is 0 Å². The molecule has 2 N–H and O–H groups in total. The first-order valence-electron chi connectivity index (χ1n) is 6.60. The van der Waals surface area contributed by atoms with Gasteiger partial charge in [-0.3, -0.25) is 0 Å². The topological polar surface area (TPSA) is 40.5 Å². The molecule has 0 saturated heterocycles. The number of rotatable bonds is 2. The molecule has 0 aromatic heterocycles. The smallest absolute Gasteiger partial charge is 0.0641 e. The lowest BCUT2D eigenvalue weighted by Crippen LogP contribution is -2.30. The van der Waals surface area contributed by atoms with E-state index in [0.717, 1.165) is 37.7 Å². The van der Waals surface area contributed by atoms with E-state index in [2.05, 4.69) is 19.1 Å². The van der Waals surface area contributed by atoms with E-state index in [-0.39, 0.29) is 12.5 Å². The van der Waals surface area contributed by atoms with Crippen LogP contribution in [0.4, 0.5) is 0 Å². The van der Waals surface area contributed by atoms with Crippen molar-refractivity contribution in [3.63, 3.8) is 0 Å². The zero-order valence-corrected chi connectivity index (χ0v) is 11.4. The van der Waals surface area contributed by atoms with E-state index in [0.29, 0.717) is 0 Å². The molecule has 0 aromatic rings. The molecule has 0 saturated carbocycles. The van der Waals surface area contributed by atoms with E-state index in [1.165, 1.54) is 5.57 Å². The number of aliphatic hydroxyl groups excluding tert-OH is 1. The molecule has 0 aliphatic heterocycles. The highest BCUT2D eigenvalue weighted by atomic mass is 16.3. The Bertz CT molecular complexity index is 295. The largest absolute Gasteiger partial charge is 0.392 e. The average Bonchev–Trinajstić information content (AvgIpc) is 2.25. The summed E-state index contributed by atoms with van der Waals surface area (Å²) in [5.74, 6) is 0.269. The molecule has 17 heavy (non-hydrogen) atoms. The summed E-state index contributed by atoms with van der Waals surface area (Å²) in [5.41, 5.74) is 1.86. The van der Waals surface area contributed by atoms with Crippen LogP contribution in [0.2, 0.25) is 0 Å². The standard InChI is InChI=1S/C15H26O2/c1-12-5-4-6-13(11-16)8-10-14(9-7-12)15(2,3)17/h5,8,14,16-17H,4,6-7,9-11H2,1-3H3/b12-5+,13-8-/t14-/m1/s1. The van der Waals surface area contributed by atoms with Crippen LogP contribution in [0.3, 0.4) is 0 Å². The van der Waals surface area contributed by atoms with E-state index in [1.807, 2.05) is 13.8 Å². The maximum atomic E-state index is 10.2. The Labute approximate surface area is 105 Å². The molecular formula is C15H26O2. The van der Waals surface area contributed by atoms with Crippen molar-refractivity contribution in [1.82, 2.24) is 0 Å². The van der Waals surface area contributed by atoms with Crippen LogP contribution in [0.1, 0.15) is 52.9 Å². The van der Waals surface area contributed by atoms with Gasteiger partial charge < -0.3 is 10.2 Å². The van der Waals surface area contributed by atoms with Gasteiger partial charge in [0.1, 0.15) is 0 Å². The second-order valence-electron chi connectivity index (χ2n) is 5.73. The number of aliphatic hydroxyl groups is 2. The normalized spacial score (nSPS) is 30.1. The summed E-state index contributed by atoms with van der Waals surface area (Å²) in [6.07, 6.45) is 9.29. The van der Waals surface area contributed by atoms with Crippen molar-refractivity contribution >= 4 is 0 Å². The van der Waals surface area contributed by atoms with Crippen LogP contribution >= 0.6 is 0 Å². The SMILES string of the molecule is C/C1=C\CC/C(CO)=C/C[C@H](C(C)(C)O)CC1. The predicted octanol–water partition coefficient (Wildman–Crippen LogP) is 3.20. The quantitative estimate of drug-likeness (QED) is 0.725. The van der Waals surface area contributed by atoms with Crippen LogP contribution in [-0.4, -0.2) is 22.4 Å². The van der Waals surface area contributed by atoms with Crippen LogP contribution in [0.15, 0.2) is 23.3 Å². The predicted molar refractivity (Wildman–Crippen MR) is 71.8 cm³/mol. The first-order valence-corrected chi connectivity index (χ1v) is 6.60. The summed E-state index contributed by atoms with van der Waals surface area (Å²) < 4.78 is 0. The minimum atomic E-state index is -0.642. The number of hydrogen-bond acceptors (Lipinski definition) is 2. The molecule has 0 heterocycles. The Balaban J connectivity index is 2.80. The summed E-state index contributed by atoms with van der Waals surface area (Å²) in [6, 6.07) is 0. The van der Waals surface area contributed by atoms with Crippen molar-refractivity contribution in [3.8, 4) is 0 Å².